The van der Waals surface area contributed by atoms with Crippen molar-refractivity contribution in [2.24, 2.45) is 40.4 Å². The zero-order valence-electron chi connectivity index (χ0n) is 22.8. The van der Waals surface area contributed by atoms with Crippen molar-refractivity contribution in [2.75, 3.05) is 13.7 Å². The van der Waals surface area contributed by atoms with Gasteiger partial charge >= 0.3 is 5.97 Å². The number of hydrogen-bond donors (Lipinski definition) is 3. The lowest BCUT2D eigenvalue weighted by atomic mass is 9.70. The molecule has 3 N–H and O–H groups in total. The number of rotatable bonds is 9. The van der Waals surface area contributed by atoms with Crippen LogP contribution in [0.15, 0.2) is 12.1 Å². The summed E-state index contributed by atoms with van der Waals surface area (Å²) in [6.07, 6.45) is 5.29. The van der Waals surface area contributed by atoms with Crippen LogP contribution < -0.4 is 20.1 Å². The lowest BCUT2D eigenvalue weighted by Crippen LogP contribution is -2.47. The van der Waals surface area contributed by atoms with Crippen LogP contribution in [0.1, 0.15) is 74.7 Å². The number of carboxylic acid groups (broad SMARTS) is 1. The molecule has 6 aliphatic rings. The molecule has 0 aliphatic heterocycles. The van der Waals surface area contributed by atoms with Crippen molar-refractivity contribution in [2.45, 2.75) is 70.9 Å². The fraction of sp³-hybridized carbons (Fsp3) is 0.667. The number of nitrogens with one attached hydrogen (secondary N) is 2. The van der Waals surface area contributed by atoms with E-state index in [0.29, 0.717) is 55.9 Å². The van der Waals surface area contributed by atoms with Crippen molar-refractivity contribution < 1.29 is 29.0 Å². The molecule has 9 heteroatoms. The van der Waals surface area contributed by atoms with E-state index in [9.17, 15) is 24.8 Å². The van der Waals surface area contributed by atoms with Gasteiger partial charge in [-0.1, -0.05) is 13.3 Å². The molecule has 6 saturated carbocycles. The van der Waals surface area contributed by atoms with Crippen LogP contribution in [0.5, 0.6) is 11.5 Å². The van der Waals surface area contributed by atoms with Gasteiger partial charge in [0, 0.05) is 18.7 Å². The Bertz CT molecular complexity index is 1250. The highest BCUT2D eigenvalue weighted by Gasteiger charge is 2.85. The Morgan fingerprint density at radius 2 is 1.74 bits per heavy atom. The molecule has 2 amide bonds. The Kier molecular flexibility index (Phi) is 6.09. The molecule has 0 heterocycles. The minimum atomic E-state index is -0.807. The minimum absolute atomic E-state index is 0.0485. The summed E-state index contributed by atoms with van der Waals surface area (Å²) in [7, 11) is 1.45. The second-order valence-corrected chi connectivity index (χ2v) is 13.1. The van der Waals surface area contributed by atoms with Gasteiger partial charge in [0.15, 0.2) is 0 Å². The molecule has 0 spiro atoms. The normalized spacial score (nSPS) is 36.4. The predicted molar refractivity (Wildman–Crippen MR) is 140 cm³/mol. The molecule has 6 fully saturated rings. The number of aliphatic carboxylic acids is 1. The summed E-state index contributed by atoms with van der Waals surface area (Å²) in [4.78, 5) is 38.4. The third-order valence-corrected chi connectivity index (χ3v) is 10.5. The van der Waals surface area contributed by atoms with Crippen LogP contribution in [0.2, 0.25) is 0 Å². The molecule has 4 atom stereocenters. The van der Waals surface area contributed by atoms with E-state index >= 15 is 0 Å². The van der Waals surface area contributed by atoms with Gasteiger partial charge < -0.3 is 25.2 Å². The Morgan fingerprint density at radius 3 is 2.31 bits per heavy atom. The minimum Gasteiger partial charge on any atom is -0.496 e. The van der Waals surface area contributed by atoms with Crippen molar-refractivity contribution in [3.05, 3.63) is 23.3 Å². The average molecular weight is 536 g/mol. The number of carbonyl (C=O) groups excluding carboxylic acids is 2. The first-order valence-corrected chi connectivity index (χ1v) is 14.2. The van der Waals surface area contributed by atoms with E-state index < -0.39 is 11.4 Å². The zero-order valence-corrected chi connectivity index (χ0v) is 22.8. The predicted octanol–water partition coefficient (Wildman–Crippen LogP) is 3.51. The fourth-order valence-electron chi connectivity index (χ4n) is 7.53. The van der Waals surface area contributed by atoms with Gasteiger partial charge in [0.2, 0.25) is 5.91 Å². The van der Waals surface area contributed by atoms with Gasteiger partial charge in [-0.25, -0.2) is 0 Å². The number of nitriles is 1. The van der Waals surface area contributed by atoms with E-state index in [0.717, 1.165) is 12.8 Å². The zero-order chi connectivity index (χ0) is 27.7. The number of nitrogens with zero attached hydrogens (tertiary/aromatic N) is 1. The van der Waals surface area contributed by atoms with Crippen LogP contribution in [-0.2, 0) is 9.59 Å². The Labute approximate surface area is 228 Å². The third-order valence-electron chi connectivity index (χ3n) is 10.5. The van der Waals surface area contributed by atoms with Crippen molar-refractivity contribution in [3.8, 4) is 17.6 Å². The van der Waals surface area contributed by atoms with Crippen LogP contribution in [0.25, 0.3) is 0 Å². The van der Waals surface area contributed by atoms with E-state index in [-0.39, 0.29) is 57.9 Å². The Balaban J connectivity index is 1.16. The molecule has 1 aromatic carbocycles. The molecule has 2 bridgehead atoms. The SMILES string of the molecule is COc1cc(C#N)c(OC2CCC(C)(C(=O)O)CC2)cc1C(=O)NC1[C@H]2C3C2[C@H]3[C@@H]1C(=O)NCC1(C)CCC1. The molecule has 1 aromatic rings. The molecule has 208 valence electrons. The summed E-state index contributed by atoms with van der Waals surface area (Å²) in [6.45, 7) is 4.65. The second-order valence-electron chi connectivity index (χ2n) is 13.1. The van der Waals surface area contributed by atoms with Crippen LogP contribution in [0, 0.1) is 51.8 Å². The summed E-state index contributed by atoms with van der Waals surface area (Å²) in [5.41, 5.74) is -0.0626. The maximum atomic E-state index is 13.6. The largest absolute Gasteiger partial charge is 0.496 e. The molecule has 6 aliphatic carbocycles. The van der Waals surface area contributed by atoms with E-state index in [1.165, 1.54) is 19.6 Å². The summed E-state index contributed by atoms with van der Waals surface area (Å²) >= 11 is 0. The second kappa shape index (κ2) is 9.14. The first kappa shape index (κ1) is 26.0. The van der Waals surface area contributed by atoms with E-state index in [1.807, 2.05) is 0 Å². The molecule has 7 rings (SSSR count). The van der Waals surface area contributed by atoms with Crippen LogP contribution in [0.3, 0.4) is 0 Å². The first-order chi connectivity index (χ1) is 18.6. The van der Waals surface area contributed by atoms with Gasteiger partial charge in [-0.2, -0.15) is 5.26 Å². The number of ether oxygens (including phenoxy) is 2. The monoisotopic (exact) mass is 535 g/mol. The van der Waals surface area contributed by atoms with E-state index in [4.69, 9.17) is 9.47 Å². The van der Waals surface area contributed by atoms with Gasteiger partial charge in [0.25, 0.3) is 5.91 Å². The maximum absolute atomic E-state index is 13.6. The highest BCUT2D eigenvalue weighted by molar-refractivity contribution is 5.98. The molecular weight excluding hydrogens is 498 g/mol. The number of carboxylic acids is 1. The quantitative estimate of drug-likeness (QED) is 0.440. The number of hydrogen-bond acceptors (Lipinski definition) is 6. The van der Waals surface area contributed by atoms with Crippen molar-refractivity contribution in [1.29, 1.82) is 5.26 Å². The van der Waals surface area contributed by atoms with Gasteiger partial charge in [-0.15, -0.1) is 0 Å². The summed E-state index contributed by atoms with van der Waals surface area (Å²) in [5.74, 6) is 1.09. The topological polar surface area (TPSA) is 138 Å². The molecule has 0 aromatic heterocycles. The van der Waals surface area contributed by atoms with Gasteiger partial charge in [-0.3, -0.25) is 14.4 Å². The molecule has 0 radical (unpaired) electrons. The number of amides is 2. The fourth-order valence-corrected chi connectivity index (χ4v) is 7.53. The van der Waals surface area contributed by atoms with E-state index in [2.05, 4.69) is 23.6 Å². The number of carbonyl (C=O) groups is 3. The highest BCUT2D eigenvalue weighted by Crippen LogP contribution is 2.83. The molecule has 39 heavy (non-hydrogen) atoms. The molecule has 0 saturated heterocycles. The Morgan fingerprint density at radius 1 is 1.05 bits per heavy atom. The number of benzene rings is 1. The number of fused-ring (bicyclic) bond motifs is 1. The highest BCUT2D eigenvalue weighted by atomic mass is 16.5. The lowest BCUT2D eigenvalue weighted by molar-refractivity contribution is -0.150. The van der Waals surface area contributed by atoms with Gasteiger partial charge in [0.05, 0.1) is 35.7 Å². The number of methoxy groups -OCH3 is 1. The van der Waals surface area contributed by atoms with Crippen molar-refractivity contribution >= 4 is 17.8 Å². The Hall–Kier alpha value is -3.28. The molecule has 9 nitrogen and oxygen atoms in total. The summed E-state index contributed by atoms with van der Waals surface area (Å²) < 4.78 is 11.6. The van der Waals surface area contributed by atoms with Crippen LogP contribution >= 0.6 is 0 Å². The smallest absolute Gasteiger partial charge is 0.309 e. The summed E-state index contributed by atoms with van der Waals surface area (Å²) in [5, 5.41) is 25.6. The van der Waals surface area contributed by atoms with Crippen molar-refractivity contribution in [1.82, 2.24) is 10.6 Å². The third kappa shape index (κ3) is 4.32. The van der Waals surface area contributed by atoms with E-state index in [1.54, 1.807) is 13.0 Å². The van der Waals surface area contributed by atoms with Crippen LogP contribution in [0.4, 0.5) is 0 Å². The maximum Gasteiger partial charge on any atom is 0.309 e. The molecular formula is C30H37N3O6. The van der Waals surface area contributed by atoms with Gasteiger partial charge in [0.1, 0.15) is 17.6 Å². The standard InChI is InChI=1S/C30H37N3O6/c1-29(7-4-8-29)14-32-27(35)24-22-20-21(22)23(20)25(24)33-26(34)17-12-18(15(13-31)11-19(17)38-3)39-16-5-9-30(2,10-6-16)28(36)37/h11-12,16,20-25H,4-10,14H2,1-3H3,(H,32,35)(H,33,34)(H,36,37)/t16?,20?,21?,22-,23-,24-,25?,30?/m0/s1. The van der Waals surface area contributed by atoms with Crippen molar-refractivity contribution in [3.63, 3.8) is 0 Å². The van der Waals surface area contributed by atoms with Crippen LogP contribution in [-0.4, -0.2) is 48.7 Å². The summed E-state index contributed by atoms with van der Waals surface area (Å²) in [6, 6.07) is 4.98. The first-order valence-electron chi connectivity index (χ1n) is 14.2. The average Bonchev–Trinajstić information content (AvgIpc) is 3.75. The molecule has 3 unspecified atom stereocenters. The lowest BCUT2D eigenvalue weighted by Gasteiger charge is -2.38. The van der Waals surface area contributed by atoms with Gasteiger partial charge in [-0.05, 0) is 80.6 Å².